The molecule has 1 unspecified atom stereocenters. The number of hydrogen-bond donors (Lipinski definition) is 2. The van der Waals surface area contributed by atoms with Crippen molar-refractivity contribution >= 4 is 29.9 Å². The lowest BCUT2D eigenvalue weighted by Crippen LogP contribution is -2.50. The summed E-state index contributed by atoms with van der Waals surface area (Å²) in [5.41, 5.74) is 0. The zero-order chi connectivity index (χ0) is 16.5. The summed E-state index contributed by atoms with van der Waals surface area (Å²) in [6, 6.07) is 1.85. The van der Waals surface area contributed by atoms with Gasteiger partial charge in [-0.3, -0.25) is 4.99 Å². The number of hydrogen-bond acceptors (Lipinski definition) is 3. The minimum Gasteiger partial charge on any atom is -0.355 e. The molecule has 1 fully saturated rings. The Labute approximate surface area is 160 Å². The van der Waals surface area contributed by atoms with Gasteiger partial charge in [0, 0.05) is 51.4 Å². The maximum atomic E-state index is 4.36. The molecule has 1 saturated heterocycles. The van der Waals surface area contributed by atoms with Crippen molar-refractivity contribution in [3.63, 3.8) is 0 Å². The van der Waals surface area contributed by atoms with Crippen molar-refractivity contribution < 1.29 is 0 Å². The van der Waals surface area contributed by atoms with Gasteiger partial charge in [0.25, 0.3) is 0 Å². The molecule has 6 heteroatoms. The number of rotatable bonds is 7. The molecule has 1 aliphatic heterocycles. The van der Waals surface area contributed by atoms with E-state index in [9.17, 15) is 0 Å². The first kappa shape index (κ1) is 22.9. The molecule has 0 aromatic rings. The van der Waals surface area contributed by atoms with Crippen molar-refractivity contribution in [1.29, 1.82) is 0 Å². The Morgan fingerprint density at radius 3 is 2.35 bits per heavy atom. The highest BCUT2D eigenvalue weighted by molar-refractivity contribution is 14.0. The molecule has 23 heavy (non-hydrogen) atoms. The van der Waals surface area contributed by atoms with Gasteiger partial charge in [0.05, 0.1) is 0 Å². The molecule has 0 aromatic carbocycles. The third-order valence-electron chi connectivity index (χ3n) is 4.92. The zero-order valence-corrected chi connectivity index (χ0v) is 18.3. The molecule has 0 bridgehead atoms. The lowest BCUT2D eigenvalue weighted by Gasteiger charge is -2.35. The SMILES string of the molecule is CCC(C)N(C)CCNC(=NC)NC1CCN(C(C)C)CC1.I. The Kier molecular flexibility index (Phi) is 12.3. The summed E-state index contributed by atoms with van der Waals surface area (Å²) < 4.78 is 0. The van der Waals surface area contributed by atoms with Crippen LogP contribution in [0.4, 0.5) is 0 Å². The van der Waals surface area contributed by atoms with Gasteiger partial charge < -0.3 is 20.4 Å². The summed E-state index contributed by atoms with van der Waals surface area (Å²) in [5.74, 6) is 0.945. The first-order valence-corrected chi connectivity index (χ1v) is 8.89. The van der Waals surface area contributed by atoms with E-state index in [0.29, 0.717) is 18.1 Å². The first-order valence-electron chi connectivity index (χ1n) is 8.89. The van der Waals surface area contributed by atoms with Gasteiger partial charge >= 0.3 is 0 Å². The van der Waals surface area contributed by atoms with Gasteiger partial charge in [-0.2, -0.15) is 0 Å². The average molecular weight is 439 g/mol. The Balaban J connectivity index is 0.00000484. The van der Waals surface area contributed by atoms with Crippen LogP contribution >= 0.6 is 24.0 Å². The van der Waals surface area contributed by atoms with Crippen LogP contribution in [0.1, 0.15) is 47.0 Å². The van der Waals surface area contributed by atoms with Gasteiger partial charge in [-0.05, 0) is 47.1 Å². The fourth-order valence-corrected chi connectivity index (χ4v) is 2.83. The average Bonchev–Trinajstić information content (AvgIpc) is 2.53. The largest absolute Gasteiger partial charge is 0.355 e. The molecule has 1 heterocycles. The van der Waals surface area contributed by atoms with Gasteiger partial charge in [-0.25, -0.2) is 0 Å². The van der Waals surface area contributed by atoms with Crippen molar-refractivity contribution in [2.24, 2.45) is 4.99 Å². The number of halogens is 1. The molecule has 1 aliphatic rings. The van der Waals surface area contributed by atoms with Gasteiger partial charge in [0.2, 0.25) is 0 Å². The highest BCUT2D eigenvalue weighted by Crippen LogP contribution is 2.12. The molecule has 1 atom stereocenters. The smallest absolute Gasteiger partial charge is 0.191 e. The van der Waals surface area contributed by atoms with E-state index in [4.69, 9.17) is 0 Å². The van der Waals surface area contributed by atoms with E-state index in [1.54, 1.807) is 0 Å². The van der Waals surface area contributed by atoms with Gasteiger partial charge in [0.1, 0.15) is 0 Å². The third kappa shape index (κ3) is 8.54. The molecule has 0 saturated carbocycles. The van der Waals surface area contributed by atoms with Gasteiger partial charge in [-0.1, -0.05) is 6.92 Å². The quantitative estimate of drug-likeness (QED) is 0.363. The van der Waals surface area contributed by atoms with Crippen LogP contribution in [0.25, 0.3) is 0 Å². The number of nitrogens with one attached hydrogen (secondary N) is 2. The highest BCUT2D eigenvalue weighted by Gasteiger charge is 2.21. The maximum absolute atomic E-state index is 4.36. The summed E-state index contributed by atoms with van der Waals surface area (Å²) in [4.78, 5) is 9.30. The van der Waals surface area contributed by atoms with E-state index in [1.807, 2.05) is 7.05 Å². The van der Waals surface area contributed by atoms with Crippen LogP contribution in [0.15, 0.2) is 4.99 Å². The summed E-state index contributed by atoms with van der Waals surface area (Å²) >= 11 is 0. The van der Waals surface area contributed by atoms with Crippen molar-refractivity contribution in [2.45, 2.75) is 65.1 Å². The van der Waals surface area contributed by atoms with Crippen LogP contribution < -0.4 is 10.6 Å². The molecular formula is C17H38IN5. The van der Waals surface area contributed by atoms with Crippen molar-refractivity contribution in [1.82, 2.24) is 20.4 Å². The zero-order valence-electron chi connectivity index (χ0n) is 15.9. The van der Waals surface area contributed by atoms with Crippen LogP contribution in [-0.2, 0) is 0 Å². The number of likely N-dealkylation sites (tertiary alicyclic amines) is 1. The molecular weight excluding hydrogens is 401 g/mol. The van der Waals surface area contributed by atoms with Crippen LogP contribution in [0, 0.1) is 0 Å². The lowest BCUT2D eigenvalue weighted by atomic mass is 10.0. The first-order chi connectivity index (χ1) is 10.5. The predicted molar refractivity (Wildman–Crippen MR) is 112 cm³/mol. The normalized spacial score (nSPS) is 18.9. The van der Waals surface area contributed by atoms with Crippen LogP contribution in [0.2, 0.25) is 0 Å². The monoisotopic (exact) mass is 439 g/mol. The minimum atomic E-state index is 0. The third-order valence-corrected chi connectivity index (χ3v) is 4.92. The minimum absolute atomic E-state index is 0. The van der Waals surface area contributed by atoms with E-state index < -0.39 is 0 Å². The second-order valence-electron chi connectivity index (χ2n) is 6.79. The molecule has 2 N–H and O–H groups in total. The number of aliphatic imine (C=N–C) groups is 1. The van der Waals surface area contributed by atoms with E-state index in [2.05, 4.69) is 60.2 Å². The summed E-state index contributed by atoms with van der Waals surface area (Å²) in [6.07, 6.45) is 3.59. The van der Waals surface area contributed by atoms with E-state index in [1.165, 1.54) is 32.4 Å². The van der Waals surface area contributed by atoms with Crippen molar-refractivity contribution in [2.75, 3.05) is 40.3 Å². The lowest BCUT2D eigenvalue weighted by molar-refractivity contribution is 0.167. The Morgan fingerprint density at radius 2 is 1.87 bits per heavy atom. The second kappa shape index (κ2) is 12.3. The predicted octanol–water partition coefficient (Wildman–Crippen LogP) is 2.37. The summed E-state index contributed by atoms with van der Waals surface area (Å²) in [5, 5.41) is 7.02. The maximum Gasteiger partial charge on any atom is 0.191 e. The molecule has 138 valence electrons. The standard InChI is InChI=1S/C17H37N5.HI/c1-7-15(4)21(6)13-10-19-17(18-5)20-16-8-11-22(12-9-16)14(2)3;/h14-16H,7-13H2,1-6H3,(H2,18,19,20);1H. The van der Waals surface area contributed by atoms with Gasteiger partial charge in [-0.15, -0.1) is 24.0 Å². The summed E-state index contributed by atoms with van der Waals surface area (Å²) in [6.45, 7) is 13.4. The highest BCUT2D eigenvalue weighted by atomic mass is 127. The second-order valence-corrected chi connectivity index (χ2v) is 6.79. The van der Waals surface area contributed by atoms with E-state index >= 15 is 0 Å². The summed E-state index contributed by atoms with van der Waals surface area (Å²) in [7, 11) is 4.05. The fraction of sp³-hybridized carbons (Fsp3) is 0.941. The van der Waals surface area contributed by atoms with Gasteiger partial charge in [0.15, 0.2) is 5.96 Å². The number of likely N-dealkylation sites (N-methyl/N-ethyl adjacent to an activating group) is 1. The van der Waals surface area contributed by atoms with E-state index in [0.717, 1.165) is 19.0 Å². The Hall–Kier alpha value is -0.0800. The molecule has 0 amide bonds. The van der Waals surface area contributed by atoms with Crippen molar-refractivity contribution in [3.05, 3.63) is 0 Å². The number of guanidine groups is 1. The van der Waals surface area contributed by atoms with Crippen LogP contribution in [0.3, 0.4) is 0 Å². The number of nitrogens with zero attached hydrogens (tertiary/aromatic N) is 3. The molecule has 1 rings (SSSR count). The molecule has 0 aliphatic carbocycles. The topological polar surface area (TPSA) is 42.9 Å². The number of piperidine rings is 1. The van der Waals surface area contributed by atoms with Crippen molar-refractivity contribution in [3.8, 4) is 0 Å². The molecule has 5 nitrogen and oxygen atoms in total. The van der Waals surface area contributed by atoms with Crippen LogP contribution in [-0.4, -0.2) is 74.2 Å². The fourth-order valence-electron chi connectivity index (χ4n) is 2.83. The molecule has 0 spiro atoms. The molecule has 0 aromatic heterocycles. The Bertz CT molecular complexity index is 327. The van der Waals surface area contributed by atoms with E-state index in [-0.39, 0.29) is 24.0 Å². The molecule has 0 radical (unpaired) electrons. The Morgan fingerprint density at radius 1 is 1.26 bits per heavy atom. The van der Waals surface area contributed by atoms with Crippen LogP contribution in [0.5, 0.6) is 0 Å².